The Hall–Kier alpha value is -2.33. The van der Waals surface area contributed by atoms with E-state index in [4.69, 9.17) is 14.7 Å². The molecule has 0 aromatic heterocycles. The summed E-state index contributed by atoms with van der Waals surface area (Å²) in [5.41, 5.74) is -0.0597. The van der Waals surface area contributed by atoms with Gasteiger partial charge < -0.3 is 9.47 Å². The fourth-order valence-corrected chi connectivity index (χ4v) is 1.76. The molecule has 0 saturated carbocycles. The fourth-order valence-electron chi connectivity index (χ4n) is 1.76. The summed E-state index contributed by atoms with van der Waals surface area (Å²) in [6, 6.07) is 6.23. The number of ether oxygens (including phenoxy) is 2. The van der Waals surface area contributed by atoms with Gasteiger partial charge in [0.15, 0.2) is 11.5 Å². The van der Waals surface area contributed by atoms with E-state index in [1.165, 1.54) is 25.3 Å². The zero-order valence-electron chi connectivity index (χ0n) is 12.3. The van der Waals surface area contributed by atoms with E-state index in [9.17, 15) is 10.1 Å². The third kappa shape index (κ3) is 5.28. The molecule has 0 aliphatic rings. The summed E-state index contributed by atoms with van der Waals surface area (Å²) in [6.45, 7) is 4.24. The maximum absolute atomic E-state index is 10.7. The van der Waals surface area contributed by atoms with Gasteiger partial charge in [-0.25, -0.2) is 0 Å². The van der Waals surface area contributed by atoms with Crippen molar-refractivity contribution < 1.29 is 14.4 Å². The lowest BCUT2D eigenvalue weighted by Crippen LogP contribution is -2.34. The van der Waals surface area contributed by atoms with Crippen LogP contribution in [0.2, 0.25) is 0 Å². The second-order valence-electron chi connectivity index (χ2n) is 4.73. The molecule has 7 nitrogen and oxygen atoms in total. The van der Waals surface area contributed by atoms with Crippen molar-refractivity contribution in [2.24, 2.45) is 0 Å². The molecule has 21 heavy (non-hydrogen) atoms. The molecule has 0 radical (unpaired) electrons. The highest BCUT2D eigenvalue weighted by atomic mass is 16.6. The zero-order valence-corrected chi connectivity index (χ0v) is 12.3. The second-order valence-corrected chi connectivity index (χ2v) is 4.73. The van der Waals surface area contributed by atoms with E-state index >= 15 is 0 Å². The first-order chi connectivity index (χ1) is 9.97. The van der Waals surface area contributed by atoms with Gasteiger partial charge in [-0.15, -0.1) is 0 Å². The highest BCUT2D eigenvalue weighted by molar-refractivity contribution is 5.48. The summed E-state index contributed by atoms with van der Waals surface area (Å²) in [4.78, 5) is 10.2. The maximum Gasteiger partial charge on any atom is 0.273 e. The molecule has 1 aromatic carbocycles. The van der Waals surface area contributed by atoms with Gasteiger partial charge in [0.1, 0.15) is 0 Å². The van der Waals surface area contributed by atoms with Crippen LogP contribution in [0, 0.1) is 21.4 Å². The Bertz CT molecular complexity index is 525. The lowest BCUT2D eigenvalue weighted by Gasteiger charge is -2.15. The third-order valence-corrected chi connectivity index (χ3v) is 2.71. The standard InChI is InChI=1S/C14H19N3O4/c1-10(2)16-11(9-15)6-7-21-13-5-4-12(17(18)19)8-14(13)20-3/h4-5,8,10-11,16H,6-7H2,1-3H3. The molecule has 1 rings (SSSR count). The molecule has 0 saturated heterocycles. The van der Waals surface area contributed by atoms with E-state index in [1.807, 2.05) is 13.8 Å². The van der Waals surface area contributed by atoms with Crippen molar-refractivity contribution in [3.63, 3.8) is 0 Å². The van der Waals surface area contributed by atoms with E-state index < -0.39 is 4.92 Å². The van der Waals surface area contributed by atoms with Gasteiger partial charge in [-0.2, -0.15) is 5.26 Å². The second kappa shape index (κ2) is 8.07. The Morgan fingerprint density at radius 1 is 1.43 bits per heavy atom. The van der Waals surface area contributed by atoms with Gasteiger partial charge in [-0.1, -0.05) is 0 Å². The summed E-state index contributed by atoms with van der Waals surface area (Å²) in [5.74, 6) is 0.721. The minimum Gasteiger partial charge on any atom is -0.493 e. The van der Waals surface area contributed by atoms with Gasteiger partial charge in [0.2, 0.25) is 0 Å². The number of non-ortho nitro benzene ring substituents is 1. The normalized spacial score (nSPS) is 11.8. The summed E-state index contributed by atoms with van der Waals surface area (Å²) in [7, 11) is 1.42. The zero-order chi connectivity index (χ0) is 15.8. The molecule has 0 aliphatic heterocycles. The van der Waals surface area contributed by atoms with Crippen molar-refractivity contribution in [3.05, 3.63) is 28.3 Å². The molecule has 0 heterocycles. The van der Waals surface area contributed by atoms with Crippen LogP contribution in [0.1, 0.15) is 20.3 Å². The number of benzene rings is 1. The molecule has 0 bridgehead atoms. The lowest BCUT2D eigenvalue weighted by atomic mass is 10.2. The van der Waals surface area contributed by atoms with E-state index in [1.54, 1.807) is 0 Å². The van der Waals surface area contributed by atoms with E-state index in [2.05, 4.69) is 11.4 Å². The van der Waals surface area contributed by atoms with Crippen LogP contribution in [-0.4, -0.2) is 30.7 Å². The maximum atomic E-state index is 10.7. The van der Waals surface area contributed by atoms with Crippen molar-refractivity contribution in [1.29, 1.82) is 5.26 Å². The average molecular weight is 293 g/mol. The lowest BCUT2D eigenvalue weighted by molar-refractivity contribution is -0.384. The van der Waals surface area contributed by atoms with E-state index in [0.29, 0.717) is 24.5 Å². The van der Waals surface area contributed by atoms with E-state index in [0.717, 1.165) is 0 Å². The molecule has 1 atom stereocenters. The molecule has 0 amide bonds. The average Bonchev–Trinajstić information content (AvgIpc) is 2.45. The highest BCUT2D eigenvalue weighted by Gasteiger charge is 2.13. The number of nitro groups is 1. The van der Waals surface area contributed by atoms with Crippen molar-refractivity contribution in [2.75, 3.05) is 13.7 Å². The topological polar surface area (TPSA) is 97.4 Å². The number of nitro benzene ring substituents is 1. The van der Waals surface area contributed by atoms with Crippen LogP contribution in [0.15, 0.2) is 18.2 Å². The van der Waals surface area contributed by atoms with Gasteiger partial charge in [0.25, 0.3) is 5.69 Å². The molecular formula is C14H19N3O4. The first-order valence-corrected chi connectivity index (χ1v) is 6.58. The number of nitrogens with one attached hydrogen (secondary N) is 1. The minimum absolute atomic E-state index is 0.0597. The number of hydrogen-bond donors (Lipinski definition) is 1. The number of nitrogens with zero attached hydrogens (tertiary/aromatic N) is 2. The Morgan fingerprint density at radius 2 is 2.14 bits per heavy atom. The van der Waals surface area contributed by atoms with Crippen molar-refractivity contribution in [3.8, 4) is 17.6 Å². The summed E-state index contributed by atoms with van der Waals surface area (Å²) >= 11 is 0. The number of nitriles is 1. The number of hydrogen-bond acceptors (Lipinski definition) is 6. The van der Waals surface area contributed by atoms with Crippen LogP contribution >= 0.6 is 0 Å². The smallest absolute Gasteiger partial charge is 0.273 e. The fraction of sp³-hybridized carbons (Fsp3) is 0.500. The first kappa shape index (κ1) is 16.7. The van der Waals surface area contributed by atoms with Gasteiger partial charge in [0.05, 0.1) is 36.8 Å². The molecule has 1 unspecified atom stereocenters. The molecule has 0 aliphatic carbocycles. The SMILES string of the molecule is COc1cc([N+](=O)[O-])ccc1OCCC(C#N)NC(C)C. The predicted octanol–water partition coefficient (Wildman–Crippen LogP) is 2.26. The van der Waals surface area contributed by atoms with Gasteiger partial charge in [-0.3, -0.25) is 15.4 Å². The highest BCUT2D eigenvalue weighted by Crippen LogP contribution is 2.31. The molecule has 7 heteroatoms. The van der Waals surface area contributed by atoms with Crippen LogP contribution in [-0.2, 0) is 0 Å². The van der Waals surface area contributed by atoms with Crippen LogP contribution < -0.4 is 14.8 Å². The van der Waals surface area contributed by atoms with Gasteiger partial charge in [-0.05, 0) is 19.9 Å². The largest absolute Gasteiger partial charge is 0.493 e. The van der Waals surface area contributed by atoms with Crippen LogP contribution in [0.25, 0.3) is 0 Å². The van der Waals surface area contributed by atoms with Crippen molar-refractivity contribution in [1.82, 2.24) is 5.32 Å². The first-order valence-electron chi connectivity index (χ1n) is 6.58. The number of rotatable bonds is 8. The molecular weight excluding hydrogens is 274 g/mol. The molecule has 114 valence electrons. The molecule has 1 N–H and O–H groups in total. The van der Waals surface area contributed by atoms with Gasteiger partial charge in [0, 0.05) is 18.5 Å². The van der Waals surface area contributed by atoms with Crippen LogP contribution in [0.5, 0.6) is 11.5 Å². The predicted molar refractivity (Wildman–Crippen MR) is 77.4 cm³/mol. The van der Waals surface area contributed by atoms with Crippen molar-refractivity contribution >= 4 is 5.69 Å². The quantitative estimate of drug-likeness (QED) is 0.583. The Balaban J connectivity index is 2.63. The minimum atomic E-state index is -0.495. The molecule has 1 aromatic rings. The summed E-state index contributed by atoms with van der Waals surface area (Å²) in [5, 5.41) is 22.8. The van der Waals surface area contributed by atoms with Crippen LogP contribution in [0.4, 0.5) is 5.69 Å². The van der Waals surface area contributed by atoms with E-state index in [-0.39, 0.29) is 17.8 Å². The Kier molecular flexibility index (Phi) is 6.43. The Morgan fingerprint density at radius 3 is 2.67 bits per heavy atom. The van der Waals surface area contributed by atoms with Crippen LogP contribution in [0.3, 0.4) is 0 Å². The Labute approximate surface area is 123 Å². The number of methoxy groups -OCH3 is 1. The molecule has 0 fully saturated rings. The molecule has 0 spiro atoms. The summed E-state index contributed by atoms with van der Waals surface area (Å²) < 4.78 is 10.6. The van der Waals surface area contributed by atoms with Gasteiger partial charge >= 0.3 is 0 Å². The monoisotopic (exact) mass is 293 g/mol. The third-order valence-electron chi connectivity index (χ3n) is 2.71. The summed E-state index contributed by atoms with van der Waals surface area (Å²) in [6.07, 6.45) is 0.509. The van der Waals surface area contributed by atoms with Crippen molar-refractivity contribution in [2.45, 2.75) is 32.4 Å².